The van der Waals surface area contributed by atoms with Gasteiger partial charge in [-0.2, -0.15) is 0 Å². The van der Waals surface area contributed by atoms with E-state index in [1.165, 1.54) is 11.4 Å². The van der Waals surface area contributed by atoms with E-state index in [0.717, 1.165) is 12.0 Å². The smallest absolute Gasteiger partial charge is 0.415 e. The van der Waals surface area contributed by atoms with Gasteiger partial charge in [-0.15, -0.1) is 0 Å². The molecule has 0 spiro atoms. The fourth-order valence-electron chi connectivity index (χ4n) is 1.37. The lowest BCUT2D eigenvalue weighted by molar-refractivity contribution is 0.295. The molecule has 3 nitrogen and oxygen atoms in total. The number of hydrogen-bond donors (Lipinski definition) is 0. The maximum absolute atomic E-state index is 12.6. The van der Waals surface area contributed by atoms with Gasteiger partial charge in [0.25, 0.3) is 0 Å². The molecule has 0 aliphatic rings. The summed E-state index contributed by atoms with van der Waals surface area (Å²) in [7, 11) is 0. The first kappa shape index (κ1) is 17.2. The highest BCUT2D eigenvalue weighted by molar-refractivity contribution is 8.55. The van der Waals surface area contributed by atoms with Crippen LogP contribution >= 0.6 is 41.4 Å². The topological polar surface area (TPSA) is 35.5 Å². The van der Waals surface area contributed by atoms with E-state index in [4.69, 9.17) is 32.2 Å². The van der Waals surface area contributed by atoms with Crippen molar-refractivity contribution in [1.82, 2.24) is 0 Å². The average Bonchev–Trinajstić information content (AvgIpc) is 2.32. The summed E-state index contributed by atoms with van der Waals surface area (Å²) in [6.45, 7) is 2.66. The molecule has 0 aromatic heterocycles. The summed E-state index contributed by atoms with van der Waals surface area (Å²) in [5.74, 6) is 1.06. The van der Waals surface area contributed by atoms with Gasteiger partial charge in [0, 0.05) is 10.8 Å². The summed E-state index contributed by atoms with van der Waals surface area (Å²) in [4.78, 5) is 0. The zero-order valence-electron chi connectivity index (χ0n) is 11.1. The van der Waals surface area contributed by atoms with Crippen LogP contribution in [0.2, 0.25) is 10.0 Å². The molecule has 0 amide bonds. The minimum Gasteiger partial charge on any atom is -0.415 e. The summed E-state index contributed by atoms with van der Waals surface area (Å²) in [6.07, 6.45) is 0.887. The van der Waals surface area contributed by atoms with Crippen LogP contribution in [0.4, 0.5) is 0 Å². The Balaban J connectivity index is 3.00. The SMILES string of the molecule is CCCSP(=O)(OCC)Oc1c(C)cc(Cl)cc1Cl. The first-order valence-corrected chi connectivity index (χ1v) is 9.85. The van der Waals surface area contributed by atoms with Crippen LogP contribution in [0.3, 0.4) is 0 Å². The Hall–Kier alpha value is 0.140. The van der Waals surface area contributed by atoms with Gasteiger partial charge in [0.1, 0.15) is 0 Å². The van der Waals surface area contributed by atoms with E-state index in [1.807, 2.05) is 6.92 Å². The van der Waals surface area contributed by atoms with Gasteiger partial charge < -0.3 is 4.52 Å². The third-order valence-electron chi connectivity index (χ3n) is 2.14. The van der Waals surface area contributed by atoms with E-state index in [1.54, 1.807) is 26.0 Å². The summed E-state index contributed by atoms with van der Waals surface area (Å²) in [5.41, 5.74) is 0.731. The van der Waals surface area contributed by atoms with Crippen molar-refractivity contribution in [2.24, 2.45) is 0 Å². The Bertz CT molecular complexity index is 459. The number of benzene rings is 1. The van der Waals surface area contributed by atoms with Gasteiger partial charge in [-0.25, -0.2) is 4.57 Å². The van der Waals surface area contributed by atoms with Crippen molar-refractivity contribution in [3.05, 3.63) is 27.7 Å². The quantitative estimate of drug-likeness (QED) is 0.572. The van der Waals surface area contributed by atoms with Gasteiger partial charge in [-0.05, 0) is 49.3 Å². The molecule has 1 aromatic rings. The van der Waals surface area contributed by atoms with E-state index in [9.17, 15) is 4.57 Å². The van der Waals surface area contributed by atoms with Crippen LogP contribution in [0.25, 0.3) is 0 Å². The van der Waals surface area contributed by atoms with Crippen molar-refractivity contribution < 1.29 is 13.6 Å². The minimum atomic E-state index is -3.24. The Morgan fingerprint density at radius 1 is 1.32 bits per heavy atom. The van der Waals surface area contributed by atoms with Gasteiger partial charge in [0.15, 0.2) is 5.75 Å². The first-order valence-electron chi connectivity index (χ1n) is 5.96. The third-order valence-corrected chi connectivity index (χ3v) is 6.56. The Morgan fingerprint density at radius 2 is 2.00 bits per heavy atom. The molecule has 0 fully saturated rings. The highest BCUT2D eigenvalue weighted by Gasteiger charge is 2.28. The molecule has 1 unspecified atom stereocenters. The molecule has 0 heterocycles. The fraction of sp³-hybridized carbons (Fsp3) is 0.500. The lowest BCUT2D eigenvalue weighted by Gasteiger charge is -2.19. The van der Waals surface area contributed by atoms with E-state index < -0.39 is 6.80 Å². The Morgan fingerprint density at radius 3 is 2.53 bits per heavy atom. The normalized spacial score (nSPS) is 14.2. The Kier molecular flexibility index (Phi) is 7.06. The average molecular weight is 343 g/mol. The second-order valence-electron chi connectivity index (χ2n) is 3.82. The fourth-order valence-corrected chi connectivity index (χ4v) is 5.56. The van der Waals surface area contributed by atoms with Crippen LogP contribution in [0, 0.1) is 6.92 Å². The van der Waals surface area contributed by atoms with Crippen LogP contribution < -0.4 is 4.52 Å². The molecule has 0 radical (unpaired) electrons. The molecule has 19 heavy (non-hydrogen) atoms. The molecule has 0 aliphatic carbocycles. The molecule has 0 N–H and O–H groups in total. The second-order valence-corrected chi connectivity index (χ2v) is 8.78. The summed E-state index contributed by atoms with van der Waals surface area (Å²) >= 11 is 13.2. The van der Waals surface area contributed by atoms with Crippen LogP contribution in [-0.4, -0.2) is 12.4 Å². The molecule has 7 heteroatoms. The monoisotopic (exact) mass is 342 g/mol. The molecule has 108 valence electrons. The molecule has 0 bridgehead atoms. The summed E-state index contributed by atoms with van der Waals surface area (Å²) in [6, 6.07) is 3.27. The van der Waals surface area contributed by atoms with Gasteiger partial charge in [0.05, 0.1) is 11.6 Å². The zero-order valence-corrected chi connectivity index (χ0v) is 14.3. The van der Waals surface area contributed by atoms with Crippen molar-refractivity contribution in [3.8, 4) is 5.75 Å². The van der Waals surface area contributed by atoms with Crippen LogP contribution in [0.15, 0.2) is 12.1 Å². The second kappa shape index (κ2) is 7.80. The standard InChI is InChI=1S/C12H17Cl2O3PS/c1-4-6-19-18(15,16-5-2)17-12-9(3)7-10(13)8-11(12)14/h7-8H,4-6H2,1-3H3. The van der Waals surface area contributed by atoms with Crippen LogP contribution in [0.1, 0.15) is 25.8 Å². The van der Waals surface area contributed by atoms with E-state index in [-0.39, 0.29) is 0 Å². The largest absolute Gasteiger partial charge is 0.440 e. The highest BCUT2D eigenvalue weighted by atomic mass is 35.5. The van der Waals surface area contributed by atoms with Crippen LogP contribution in [-0.2, 0) is 9.09 Å². The van der Waals surface area contributed by atoms with E-state index >= 15 is 0 Å². The molecule has 0 saturated carbocycles. The summed E-state index contributed by atoms with van der Waals surface area (Å²) < 4.78 is 23.4. The zero-order chi connectivity index (χ0) is 14.5. The van der Waals surface area contributed by atoms with Crippen molar-refractivity contribution >= 4 is 41.4 Å². The number of aryl methyl sites for hydroxylation is 1. The lowest BCUT2D eigenvalue weighted by Crippen LogP contribution is -1.98. The number of hydrogen-bond acceptors (Lipinski definition) is 4. The molecule has 0 saturated heterocycles. The maximum atomic E-state index is 12.6. The highest BCUT2D eigenvalue weighted by Crippen LogP contribution is 2.61. The maximum Gasteiger partial charge on any atom is 0.440 e. The number of rotatable bonds is 7. The van der Waals surface area contributed by atoms with Crippen molar-refractivity contribution in [2.75, 3.05) is 12.4 Å². The van der Waals surface area contributed by atoms with Gasteiger partial charge >= 0.3 is 6.80 Å². The third kappa shape index (κ3) is 5.20. The predicted octanol–water partition coefficient (Wildman–Crippen LogP) is 5.97. The molecule has 1 rings (SSSR count). The molecule has 1 atom stereocenters. The lowest BCUT2D eigenvalue weighted by atomic mass is 10.2. The first-order chi connectivity index (χ1) is 8.91. The molecular weight excluding hydrogens is 326 g/mol. The van der Waals surface area contributed by atoms with Gasteiger partial charge in [-0.3, -0.25) is 4.52 Å². The van der Waals surface area contributed by atoms with Crippen molar-refractivity contribution in [2.45, 2.75) is 27.2 Å². The predicted molar refractivity (Wildman–Crippen MR) is 83.8 cm³/mol. The van der Waals surface area contributed by atoms with Gasteiger partial charge in [-0.1, -0.05) is 30.1 Å². The Labute approximate surface area is 128 Å². The van der Waals surface area contributed by atoms with E-state index in [2.05, 4.69) is 0 Å². The van der Waals surface area contributed by atoms with Crippen LogP contribution in [0.5, 0.6) is 5.75 Å². The molecule has 0 aliphatic heterocycles. The number of halogens is 2. The summed E-state index contributed by atoms with van der Waals surface area (Å²) in [5, 5.41) is 0.851. The van der Waals surface area contributed by atoms with Crippen molar-refractivity contribution in [1.29, 1.82) is 0 Å². The minimum absolute atomic E-state index is 0.318. The van der Waals surface area contributed by atoms with Gasteiger partial charge in [0.2, 0.25) is 0 Å². The van der Waals surface area contributed by atoms with E-state index in [0.29, 0.717) is 28.2 Å². The van der Waals surface area contributed by atoms with Crippen molar-refractivity contribution in [3.63, 3.8) is 0 Å². The molecular formula is C12H17Cl2O3PS. The molecule has 1 aromatic carbocycles.